The fourth-order valence-corrected chi connectivity index (χ4v) is 2.75. The summed E-state index contributed by atoms with van der Waals surface area (Å²) in [5.41, 5.74) is 1.24. The summed E-state index contributed by atoms with van der Waals surface area (Å²) in [4.78, 5) is 36.7. The molecule has 1 heterocycles. The molecule has 126 valence electrons. The monoisotopic (exact) mass is 331 g/mol. The molecule has 3 rings (SSSR count). The van der Waals surface area contributed by atoms with Gasteiger partial charge in [-0.2, -0.15) is 0 Å². The van der Waals surface area contributed by atoms with Crippen molar-refractivity contribution in [1.82, 2.24) is 10.3 Å². The van der Waals surface area contributed by atoms with E-state index in [1.54, 1.807) is 12.3 Å². The smallest absolute Gasteiger partial charge is 0.326 e. The van der Waals surface area contributed by atoms with Gasteiger partial charge in [-0.3, -0.25) is 14.9 Å². The molecule has 1 aromatic carbocycles. The second-order valence-electron chi connectivity index (χ2n) is 6.12. The summed E-state index contributed by atoms with van der Waals surface area (Å²) in [6, 6.07) is 3.50. The lowest BCUT2D eigenvalue weighted by atomic mass is 10.1. The highest BCUT2D eigenvalue weighted by Crippen LogP contribution is 2.33. The molecule has 1 unspecified atom stereocenters. The van der Waals surface area contributed by atoms with Crippen molar-refractivity contribution in [1.29, 1.82) is 0 Å². The number of rotatable bonds is 7. The van der Waals surface area contributed by atoms with Crippen molar-refractivity contribution in [3.8, 4) is 0 Å². The first-order chi connectivity index (χ1) is 11.4. The molecule has 1 aliphatic carbocycles. The molecule has 0 bridgehead atoms. The van der Waals surface area contributed by atoms with Crippen LogP contribution in [-0.4, -0.2) is 32.9 Å². The number of nitrogens with zero attached hydrogens (tertiary/aromatic N) is 1. The average molecular weight is 331 g/mol. The van der Waals surface area contributed by atoms with Crippen LogP contribution in [0.15, 0.2) is 24.4 Å². The van der Waals surface area contributed by atoms with E-state index in [-0.39, 0.29) is 12.1 Å². The van der Waals surface area contributed by atoms with Gasteiger partial charge in [0.05, 0.1) is 11.3 Å². The van der Waals surface area contributed by atoms with Crippen molar-refractivity contribution in [3.05, 3.63) is 40.1 Å². The largest absolute Gasteiger partial charge is 0.480 e. The van der Waals surface area contributed by atoms with E-state index in [0.29, 0.717) is 28.8 Å². The highest BCUT2D eigenvalue weighted by Gasteiger charge is 2.30. The van der Waals surface area contributed by atoms with Crippen molar-refractivity contribution in [2.45, 2.75) is 31.7 Å². The number of nitro groups is 1. The van der Waals surface area contributed by atoms with E-state index in [2.05, 4.69) is 10.3 Å². The van der Waals surface area contributed by atoms with E-state index in [4.69, 9.17) is 0 Å². The van der Waals surface area contributed by atoms with Crippen LogP contribution < -0.4 is 5.32 Å². The number of carboxylic acids is 1. The van der Waals surface area contributed by atoms with Gasteiger partial charge in [0.2, 0.25) is 5.91 Å². The van der Waals surface area contributed by atoms with Crippen molar-refractivity contribution >= 4 is 28.5 Å². The quantitative estimate of drug-likeness (QED) is 0.528. The maximum Gasteiger partial charge on any atom is 0.326 e. The molecule has 0 radical (unpaired) electrons. The van der Waals surface area contributed by atoms with Crippen molar-refractivity contribution in [2.75, 3.05) is 0 Å². The van der Waals surface area contributed by atoms with Gasteiger partial charge < -0.3 is 15.4 Å². The van der Waals surface area contributed by atoms with Gasteiger partial charge in [-0.15, -0.1) is 0 Å². The Morgan fingerprint density at radius 3 is 2.79 bits per heavy atom. The highest BCUT2D eigenvalue weighted by molar-refractivity contribution is 5.91. The number of nitrogens with one attached hydrogen (secondary N) is 2. The SMILES string of the molecule is O=C(Cc1c[nH]c2ccc([N+](=O)[O-])cc12)NC(CC1CC1)C(=O)O. The van der Waals surface area contributed by atoms with E-state index < -0.39 is 22.8 Å². The number of hydrogen-bond acceptors (Lipinski definition) is 4. The summed E-state index contributed by atoms with van der Waals surface area (Å²) in [5, 5.41) is 23.2. The van der Waals surface area contributed by atoms with Crippen LogP contribution in [0.2, 0.25) is 0 Å². The molecule has 0 spiro atoms. The second kappa shape index (κ2) is 6.31. The predicted molar refractivity (Wildman–Crippen MR) is 85.6 cm³/mol. The van der Waals surface area contributed by atoms with Crippen molar-refractivity contribution in [2.24, 2.45) is 5.92 Å². The lowest BCUT2D eigenvalue weighted by Gasteiger charge is -2.13. The Morgan fingerprint density at radius 1 is 1.42 bits per heavy atom. The number of non-ortho nitro benzene ring substituents is 1. The minimum absolute atomic E-state index is 0.0321. The number of amides is 1. The van der Waals surface area contributed by atoms with Crippen molar-refractivity contribution < 1.29 is 19.6 Å². The third-order valence-corrected chi connectivity index (χ3v) is 4.21. The molecule has 1 aliphatic rings. The molecule has 3 N–H and O–H groups in total. The number of aliphatic carboxylic acids is 1. The number of carboxylic acid groups (broad SMARTS) is 1. The fourth-order valence-electron chi connectivity index (χ4n) is 2.75. The highest BCUT2D eigenvalue weighted by atomic mass is 16.6. The second-order valence-corrected chi connectivity index (χ2v) is 6.12. The van der Waals surface area contributed by atoms with Crippen LogP contribution in [0.25, 0.3) is 10.9 Å². The molecule has 8 nitrogen and oxygen atoms in total. The van der Waals surface area contributed by atoms with Crippen LogP contribution in [0.3, 0.4) is 0 Å². The van der Waals surface area contributed by atoms with Crippen LogP contribution in [0.5, 0.6) is 0 Å². The summed E-state index contributed by atoms with van der Waals surface area (Å²) >= 11 is 0. The first-order valence-electron chi connectivity index (χ1n) is 7.70. The molecule has 2 aromatic rings. The van der Waals surface area contributed by atoms with Crippen LogP contribution in [0.4, 0.5) is 5.69 Å². The van der Waals surface area contributed by atoms with Gasteiger partial charge in [0.15, 0.2) is 0 Å². The number of benzene rings is 1. The van der Waals surface area contributed by atoms with Crippen LogP contribution in [0, 0.1) is 16.0 Å². The number of nitro benzene ring substituents is 1. The zero-order chi connectivity index (χ0) is 17.3. The zero-order valence-electron chi connectivity index (χ0n) is 12.8. The van der Waals surface area contributed by atoms with E-state index >= 15 is 0 Å². The van der Waals surface area contributed by atoms with Gasteiger partial charge in [-0.1, -0.05) is 12.8 Å². The first-order valence-corrected chi connectivity index (χ1v) is 7.70. The Bertz CT molecular complexity index is 809. The van der Waals surface area contributed by atoms with E-state index in [1.807, 2.05) is 0 Å². The Balaban J connectivity index is 1.73. The minimum atomic E-state index is -1.04. The Morgan fingerprint density at radius 2 is 2.17 bits per heavy atom. The number of carbonyl (C=O) groups excluding carboxylic acids is 1. The summed E-state index contributed by atoms with van der Waals surface area (Å²) in [5.74, 6) is -1.07. The molecule has 1 amide bonds. The van der Waals surface area contributed by atoms with E-state index in [9.17, 15) is 24.8 Å². The summed E-state index contributed by atoms with van der Waals surface area (Å²) in [6.45, 7) is 0. The molecular formula is C16H17N3O5. The number of H-pyrrole nitrogens is 1. The zero-order valence-corrected chi connectivity index (χ0v) is 12.8. The Hall–Kier alpha value is -2.90. The molecule has 1 aromatic heterocycles. The number of fused-ring (bicyclic) bond motifs is 1. The van der Waals surface area contributed by atoms with Crippen LogP contribution in [-0.2, 0) is 16.0 Å². The number of aromatic amines is 1. The Labute approximate surface area is 137 Å². The topological polar surface area (TPSA) is 125 Å². The van der Waals surface area contributed by atoms with Gasteiger partial charge in [0.1, 0.15) is 6.04 Å². The molecular weight excluding hydrogens is 314 g/mol. The molecule has 8 heteroatoms. The van der Waals surface area contributed by atoms with Crippen LogP contribution >= 0.6 is 0 Å². The summed E-state index contributed by atoms with van der Waals surface area (Å²) in [6.07, 6.45) is 4.04. The predicted octanol–water partition coefficient (Wildman–Crippen LogP) is 1.99. The fraction of sp³-hybridized carbons (Fsp3) is 0.375. The van der Waals surface area contributed by atoms with Crippen LogP contribution in [0.1, 0.15) is 24.8 Å². The average Bonchev–Trinajstić information content (AvgIpc) is 3.26. The molecule has 1 atom stereocenters. The lowest BCUT2D eigenvalue weighted by Crippen LogP contribution is -2.41. The summed E-state index contributed by atoms with van der Waals surface area (Å²) < 4.78 is 0. The molecule has 1 saturated carbocycles. The van der Waals surface area contributed by atoms with E-state index in [0.717, 1.165) is 12.8 Å². The third kappa shape index (κ3) is 3.53. The standard InChI is InChI=1S/C16H17N3O5/c20-15(18-14(16(21)22)5-9-1-2-9)6-10-8-17-13-4-3-11(19(23)24)7-12(10)13/h3-4,7-9,14,17H,1-2,5-6H2,(H,18,20)(H,21,22). The maximum atomic E-state index is 12.2. The van der Waals surface area contributed by atoms with Gasteiger partial charge in [0, 0.05) is 29.2 Å². The molecule has 0 aliphatic heterocycles. The normalized spacial score (nSPS) is 15.2. The third-order valence-electron chi connectivity index (χ3n) is 4.21. The van der Waals surface area contributed by atoms with Gasteiger partial charge >= 0.3 is 5.97 Å². The first kappa shape index (κ1) is 16.0. The Kier molecular flexibility index (Phi) is 4.20. The summed E-state index contributed by atoms with van der Waals surface area (Å²) in [7, 11) is 0. The molecule has 24 heavy (non-hydrogen) atoms. The molecule has 1 fully saturated rings. The number of carbonyl (C=O) groups is 2. The maximum absolute atomic E-state index is 12.2. The lowest BCUT2D eigenvalue weighted by molar-refractivity contribution is -0.384. The van der Waals surface area contributed by atoms with Crippen molar-refractivity contribution in [3.63, 3.8) is 0 Å². The van der Waals surface area contributed by atoms with Gasteiger partial charge in [0.25, 0.3) is 5.69 Å². The van der Waals surface area contributed by atoms with E-state index in [1.165, 1.54) is 12.1 Å². The number of hydrogen-bond donors (Lipinski definition) is 3. The van der Waals surface area contributed by atoms with Gasteiger partial charge in [-0.05, 0) is 24.0 Å². The van der Waals surface area contributed by atoms with Gasteiger partial charge in [-0.25, -0.2) is 4.79 Å². The molecule has 0 saturated heterocycles. The number of aromatic nitrogens is 1. The minimum Gasteiger partial charge on any atom is -0.480 e.